The highest BCUT2D eigenvalue weighted by Gasteiger charge is 2.36. The zero-order valence-corrected chi connectivity index (χ0v) is 15.6. The van der Waals surface area contributed by atoms with Gasteiger partial charge in [0.25, 0.3) is 0 Å². The number of hydrogen-bond donors (Lipinski definition) is 1. The van der Waals surface area contributed by atoms with Gasteiger partial charge in [0.05, 0.1) is 29.5 Å². The molecule has 8 nitrogen and oxygen atoms in total. The molecule has 0 bridgehead atoms. The number of aromatic nitrogens is 2. The lowest BCUT2D eigenvalue weighted by Crippen LogP contribution is -2.34. The van der Waals surface area contributed by atoms with E-state index < -0.39 is 58.0 Å². The molecule has 1 aromatic heterocycles. The van der Waals surface area contributed by atoms with E-state index in [1.807, 2.05) is 0 Å². The molecule has 0 unspecified atom stereocenters. The van der Waals surface area contributed by atoms with Gasteiger partial charge in [0.1, 0.15) is 6.54 Å². The first kappa shape index (κ1) is 23.4. The lowest BCUT2D eigenvalue weighted by Gasteiger charge is -2.25. The van der Waals surface area contributed by atoms with Gasteiger partial charge in [-0.2, -0.15) is 36.6 Å². The van der Waals surface area contributed by atoms with Gasteiger partial charge >= 0.3 is 12.4 Å². The average molecular weight is 457 g/mol. The molecule has 0 aliphatic heterocycles. The third-order valence-corrected chi connectivity index (χ3v) is 4.38. The summed E-state index contributed by atoms with van der Waals surface area (Å²) >= 11 is 0. The Morgan fingerprint density at radius 1 is 1.20 bits per heavy atom. The maximum atomic E-state index is 13.1. The highest BCUT2D eigenvalue weighted by molar-refractivity contribution is 7.89. The Bertz CT molecular complexity index is 1040. The summed E-state index contributed by atoms with van der Waals surface area (Å²) in [6.07, 6.45) is -10.0. The van der Waals surface area contributed by atoms with Crippen molar-refractivity contribution in [1.82, 2.24) is 10.1 Å². The lowest BCUT2D eigenvalue weighted by atomic mass is 10.1. The zero-order valence-electron chi connectivity index (χ0n) is 14.8. The van der Waals surface area contributed by atoms with Crippen LogP contribution in [-0.2, 0) is 29.2 Å². The number of benzene rings is 1. The van der Waals surface area contributed by atoms with Crippen molar-refractivity contribution in [3.63, 3.8) is 0 Å². The number of aryl methyl sites for hydroxylation is 1. The minimum atomic E-state index is -4.96. The second-order valence-electron chi connectivity index (χ2n) is 6.03. The fraction of sp³-hybridized carbons (Fsp3) is 0.400. The molecule has 2 rings (SSSR count). The van der Waals surface area contributed by atoms with Gasteiger partial charge < -0.3 is 9.42 Å². The van der Waals surface area contributed by atoms with Crippen LogP contribution in [-0.4, -0.2) is 37.0 Å². The number of nitriles is 1. The third-order valence-electron chi connectivity index (χ3n) is 3.61. The number of sulfonamides is 1. The number of halogens is 6. The lowest BCUT2D eigenvalue weighted by molar-refractivity contribution is -0.137. The summed E-state index contributed by atoms with van der Waals surface area (Å²) in [5.74, 6) is -1.09. The summed E-state index contributed by atoms with van der Waals surface area (Å²) in [7, 11) is -3.85. The quantitative estimate of drug-likeness (QED) is 0.633. The molecular formula is C15H13F6N5O3S. The van der Waals surface area contributed by atoms with Gasteiger partial charge in [-0.25, -0.2) is 13.6 Å². The molecule has 0 aliphatic rings. The van der Waals surface area contributed by atoms with Crippen molar-refractivity contribution in [2.45, 2.75) is 25.3 Å². The summed E-state index contributed by atoms with van der Waals surface area (Å²) in [4.78, 5) is 4.25. The van der Waals surface area contributed by atoms with Crippen LogP contribution in [0.25, 0.3) is 0 Å². The number of rotatable bonds is 7. The van der Waals surface area contributed by atoms with Gasteiger partial charge in [-0.3, -0.25) is 0 Å². The maximum absolute atomic E-state index is 13.1. The van der Waals surface area contributed by atoms with Crippen LogP contribution >= 0.6 is 0 Å². The number of primary sulfonamides is 1. The fourth-order valence-corrected chi connectivity index (χ4v) is 2.83. The topological polar surface area (TPSA) is 126 Å². The van der Waals surface area contributed by atoms with Crippen molar-refractivity contribution in [2.75, 3.05) is 17.2 Å². The number of nitrogens with two attached hydrogens (primary N) is 1. The fourth-order valence-electron chi connectivity index (χ4n) is 2.37. The van der Waals surface area contributed by atoms with Crippen molar-refractivity contribution in [1.29, 1.82) is 5.26 Å². The van der Waals surface area contributed by atoms with E-state index in [-0.39, 0.29) is 18.1 Å². The second-order valence-corrected chi connectivity index (χ2v) is 7.77. The summed E-state index contributed by atoms with van der Waals surface area (Å²) in [6, 6.07) is 3.45. The molecule has 0 amide bonds. The predicted molar refractivity (Wildman–Crippen MR) is 89.2 cm³/mol. The van der Waals surface area contributed by atoms with Gasteiger partial charge in [0.15, 0.2) is 5.82 Å². The zero-order chi connectivity index (χ0) is 22.7. The molecule has 2 N–H and O–H groups in total. The SMILES string of the molecule is N#Cc1ccc(N(Cc2noc(CCS(N)(=O)=O)n2)CC(F)(F)F)cc1C(F)(F)F. The Hall–Kier alpha value is -2.86. The van der Waals surface area contributed by atoms with Crippen LogP contribution in [0.5, 0.6) is 0 Å². The van der Waals surface area contributed by atoms with Gasteiger partial charge in [0, 0.05) is 12.1 Å². The summed E-state index contributed by atoms with van der Waals surface area (Å²) in [5.41, 5.74) is -2.62. The molecule has 1 aromatic carbocycles. The van der Waals surface area contributed by atoms with Crippen LogP contribution in [0.2, 0.25) is 0 Å². The molecule has 0 radical (unpaired) electrons. The highest BCUT2D eigenvalue weighted by Crippen LogP contribution is 2.35. The molecule has 2 aromatic rings. The van der Waals surface area contributed by atoms with Crippen LogP contribution < -0.4 is 10.0 Å². The predicted octanol–water partition coefficient (Wildman–Crippen LogP) is 2.36. The number of hydrogen-bond acceptors (Lipinski definition) is 7. The van der Waals surface area contributed by atoms with Crippen molar-refractivity contribution < 1.29 is 39.3 Å². The smallest absolute Gasteiger partial charge is 0.355 e. The second kappa shape index (κ2) is 8.48. The average Bonchev–Trinajstić information content (AvgIpc) is 3.04. The highest BCUT2D eigenvalue weighted by atomic mass is 32.2. The monoisotopic (exact) mass is 457 g/mol. The van der Waals surface area contributed by atoms with E-state index in [1.54, 1.807) is 0 Å². The molecule has 0 saturated carbocycles. The Balaban J connectivity index is 2.34. The third kappa shape index (κ3) is 6.88. The van der Waals surface area contributed by atoms with E-state index in [0.717, 1.165) is 12.1 Å². The molecule has 0 saturated heterocycles. The van der Waals surface area contributed by atoms with Crippen molar-refractivity contribution in [2.24, 2.45) is 5.14 Å². The van der Waals surface area contributed by atoms with Crippen LogP contribution in [0.4, 0.5) is 32.0 Å². The Morgan fingerprint density at radius 2 is 1.87 bits per heavy atom. The number of anilines is 1. The molecule has 0 fully saturated rings. The Labute approximate surface area is 165 Å². The normalized spacial score (nSPS) is 12.6. The molecule has 0 atom stereocenters. The van der Waals surface area contributed by atoms with Gasteiger partial charge in [-0.05, 0) is 18.2 Å². The molecule has 0 spiro atoms. The van der Waals surface area contributed by atoms with E-state index >= 15 is 0 Å². The van der Waals surface area contributed by atoms with Gasteiger partial charge in [-0.15, -0.1) is 0 Å². The molecule has 30 heavy (non-hydrogen) atoms. The van der Waals surface area contributed by atoms with Crippen molar-refractivity contribution in [3.05, 3.63) is 41.0 Å². The number of alkyl halides is 6. The molecule has 0 aliphatic carbocycles. The van der Waals surface area contributed by atoms with E-state index in [1.165, 1.54) is 6.07 Å². The standard InChI is InChI=1S/C15H13F6N5O3S/c16-14(17,18)8-26(7-12-24-13(29-25-12)3-4-30(23,27)28)10-2-1-9(6-22)11(5-10)15(19,20)21/h1-2,5H,3-4,7-8H2,(H2,23,27,28). The minimum absolute atomic E-state index is 0.221. The molecule has 1 heterocycles. The first-order valence-corrected chi connectivity index (χ1v) is 9.64. The Morgan fingerprint density at radius 3 is 2.40 bits per heavy atom. The van der Waals surface area contributed by atoms with Crippen molar-refractivity contribution in [3.8, 4) is 6.07 Å². The first-order valence-electron chi connectivity index (χ1n) is 7.93. The molecular weight excluding hydrogens is 444 g/mol. The maximum Gasteiger partial charge on any atom is 0.417 e. The Kier molecular flexibility index (Phi) is 6.62. The van der Waals surface area contributed by atoms with E-state index in [9.17, 15) is 34.8 Å². The molecule has 164 valence electrons. The van der Waals surface area contributed by atoms with E-state index in [2.05, 4.69) is 10.1 Å². The largest absolute Gasteiger partial charge is 0.417 e. The van der Waals surface area contributed by atoms with E-state index in [0.29, 0.717) is 11.0 Å². The first-order chi connectivity index (χ1) is 13.7. The minimum Gasteiger partial charge on any atom is -0.355 e. The van der Waals surface area contributed by atoms with Crippen LogP contribution in [0.1, 0.15) is 22.8 Å². The van der Waals surface area contributed by atoms with Crippen LogP contribution in [0, 0.1) is 11.3 Å². The summed E-state index contributed by atoms with van der Waals surface area (Å²) in [5, 5.41) is 17.1. The summed E-state index contributed by atoms with van der Waals surface area (Å²) in [6.45, 7) is -2.33. The number of nitrogens with zero attached hydrogens (tertiary/aromatic N) is 4. The van der Waals surface area contributed by atoms with E-state index in [4.69, 9.17) is 14.9 Å². The molecule has 15 heteroatoms. The van der Waals surface area contributed by atoms with Crippen molar-refractivity contribution >= 4 is 15.7 Å². The van der Waals surface area contributed by atoms with Gasteiger partial charge in [-0.1, -0.05) is 5.16 Å². The van der Waals surface area contributed by atoms with Crippen LogP contribution in [0.15, 0.2) is 22.7 Å². The summed E-state index contributed by atoms with van der Waals surface area (Å²) < 4.78 is 105. The van der Waals surface area contributed by atoms with Crippen LogP contribution in [0.3, 0.4) is 0 Å². The van der Waals surface area contributed by atoms with Gasteiger partial charge in [0.2, 0.25) is 15.9 Å².